The molecule has 0 saturated heterocycles. The summed E-state index contributed by atoms with van der Waals surface area (Å²) in [5, 5.41) is 7.93. The smallest absolute Gasteiger partial charge is 0.165 e. The first-order valence-corrected chi connectivity index (χ1v) is 4.83. The minimum Gasteiger partial charge on any atom is -0.381 e. The molecule has 0 aliphatic rings. The molecule has 0 radical (unpaired) electrons. The zero-order valence-corrected chi connectivity index (χ0v) is 8.22. The molecule has 2 aromatic rings. The van der Waals surface area contributed by atoms with Crippen molar-refractivity contribution in [2.24, 2.45) is 0 Å². The van der Waals surface area contributed by atoms with Crippen LogP contribution in [0.3, 0.4) is 0 Å². The van der Waals surface area contributed by atoms with Crippen LogP contribution in [0.4, 0.5) is 5.82 Å². The number of hydrogen-bond donors (Lipinski definition) is 1. The Morgan fingerprint density at radius 1 is 1.54 bits per heavy atom. The molecule has 68 valence electrons. The number of anilines is 1. The molecular weight excluding hydrogens is 208 g/mol. The number of halogens is 1. The number of nitrogen functional groups attached to an aromatic ring is 1. The van der Waals surface area contributed by atoms with Crippen LogP contribution in [0, 0.1) is 0 Å². The van der Waals surface area contributed by atoms with E-state index in [2.05, 4.69) is 10.2 Å². The SMILES string of the molecule is Nc1cnn(Cc2ccc(Cl)s2)n1. The Morgan fingerprint density at radius 2 is 2.38 bits per heavy atom. The second-order valence-corrected chi connectivity index (χ2v) is 4.31. The highest BCUT2D eigenvalue weighted by Gasteiger charge is 2.01. The summed E-state index contributed by atoms with van der Waals surface area (Å²) in [7, 11) is 0. The molecule has 0 spiro atoms. The molecule has 2 N–H and O–H groups in total. The number of rotatable bonds is 2. The zero-order valence-electron chi connectivity index (χ0n) is 6.64. The summed E-state index contributed by atoms with van der Waals surface area (Å²) < 4.78 is 0.773. The molecule has 0 aromatic carbocycles. The monoisotopic (exact) mass is 214 g/mol. The third kappa shape index (κ3) is 1.99. The summed E-state index contributed by atoms with van der Waals surface area (Å²) in [6.07, 6.45) is 1.52. The minimum absolute atomic E-state index is 0.433. The Kier molecular flexibility index (Phi) is 2.20. The molecule has 0 aliphatic heterocycles. The molecular formula is C7H7ClN4S. The molecule has 2 rings (SSSR count). The van der Waals surface area contributed by atoms with E-state index in [9.17, 15) is 0 Å². The second-order valence-electron chi connectivity index (χ2n) is 2.51. The van der Waals surface area contributed by atoms with Crippen molar-refractivity contribution in [3.63, 3.8) is 0 Å². The van der Waals surface area contributed by atoms with E-state index >= 15 is 0 Å². The van der Waals surface area contributed by atoms with Gasteiger partial charge in [0.1, 0.15) is 0 Å². The van der Waals surface area contributed by atoms with Crippen molar-refractivity contribution in [3.8, 4) is 0 Å². The van der Waals surface area contributed by atoms with Gasteiger partial charge in [-0.3, -0.25) is 0 Å². The van der Waals surface area contributed by atoms with Crippen LogP contribution in [0.25, 0.3) is 0 Å². The fourth-order valence-corrected chi connectivity index (χ4v) is 2.03. The zero-order chi connectivity index (χ0) is 9.26. The molecule has 0 bridgehead atoms. The van der Waals surface area contributed by atoms with Crippen LogP contribution in [0.15, 0.2) is 18.3 Å². The Hall–Kier alpha value is -1.07. The molecule has 13 heavy (non-hydrogen) atoms. The Bertz CT molecular complexity index is 370. The predicted octanol–water partition coefficient (Wildman–Crippen LogP) is 1.62. The van der Waals surface area contributed by atoms with Gasteiger partial charge in [0.2, 0.25) is 0 Å². The summed E-state index contributed by atoms with van der Waals surface area (Å²) in [5.41, 5.74) is 5.42. The average molecular weight is 215 g/mol. The van der Waals surface area contributed by atoms with Crippen molar-refractivity contribution in [1.29, 1.82) is 0 Å². The Morgan fingerprint density at radius 3 is 2.92 bits per heavy atom. The molecule has 0 atom stereocenters. The topological polar surface area (TPSA) is 56.7 Å². The van der Waals surface area contributed by atoms with Gasteiger partial charge in [-0.25, -0.2) is 0 Å². The molecule has 4 nitrogen and oxygen atoms in total. The van der Waals surface area contributed by atoms with E-state index < -0.39 is 0 Å². The van der Waals surface area contributed by atoms with Gasteiger partial charge in [0.25, 0.3) is 0 Å². The molecule has 2 aromatic heterocycles. The summed E-state index contributed by atoms with van der Waals surface area (Å²) in [4.78, 5) is 2.65. The number of aromatic nitrogens is 3. The van der Waals surface area contributed by atoms with E-state index in [4.69, 9.17) is 17.3 Å². The van der Waals surface area contributed by atoms with Crippen LogP contribution in [-0.4, -0.2) is 15.0 Å². The first-order valence-electron chi connectivity index (χ1n) is 3.64. The van der Waals surface area contributed by atoms with Crippen molar-refractivity contribution < 1.29 is 0 Å². The van der Waals surface area contributed by atoms with Crippen LogP contribution in [-0.2, 0) is 6.54 Å². The molecule has 0 amide bonds. The maximum atomic E-state index is 5.78. The summed E-state index contributed by atoms with van der Waals surface area (Å²) in [6, 6.07) is 3.81. The first kappa shape index (κ1) is 8.52. The van der Waals surface area contributed by atoms with Crippen molar-refractivity contribution in [2.75, 3.05) is 5.73 Å². The number of hydrogen-bond acceptors (Lipinski definition) is 4. The molecule has 0 saturated carbocycles. The van der Waals surface area contributed by atoms with E-state index in [1.165, 1.54) is 22.3 Å². The molecule has 0 unspecified atom stereocenters. The van der Waals surface area contributed by atoms with Crippen molar-refractivity contribution in [3.05, 3.63) is 27.5 Å². The van der Waals surface area contributed by atoms with E-state index in [1.807, 2.05) is 12.1 Å². The third-order valence-corrected chi connectivity index (χ3v) is 2.70. The average Bonchev–Trinajstić information content (AvgIpc) is 2.62. The molecule has 2 heterocycles. The third-order valence-electron chi connectivity index (χ3n) is 1.48. The number of thiophene rings is 1. The van der Waals surface area contributed by atoms with Gasteiger partial charge in [0.15, 0.2) is 5.82 Å². The van der Waals surface area contributed by atoms with Gasteiger partial charge in [0.05, 0.1) is 17.1 Å². The van der Waals surface area contributed by atoms with Crippen LogP contribution < -0.4 is 5.73 Å². The van der Waals surface area contributed by atoms with Gasteiger partial charge < -0.3 is 5.73 Å². The number of nitrogens with two attached hydrogens (primary N) is 1. The molecule has 6 heteroatoms. The van der Waals surface area contributed by atoms with Crippen LogP contribution >= 0.6 is 22.9 Å². The molecule has 0 aliphatic carbocycles. The van der Waals surface area contributed by atoms with Gasteiger partial charge in [-0.1, -0.05) is 11.6 Å². The Balaban J connectivity index is 2.14. The van der Waals surface area contributed by atoms with Crippen LogP contribution in [0.1, 0.15) is 4.88 Å². The Labute approximate surface area is 83.9 Å². The van der Waals surface area contributed by atoms with Crippen molar-refractivity contribution in [1.82, 2.24) is 15.0 Å². The normalized spacial score (nSPS) is 10.5. The quantitative estimate of drug-likeness (QED) is 0.827. The second kappa shape index (κ2) is 3.35. The van der Waals surface area contributed by atoms with Gasteiger partial charge in [0, 0.05) is 4.88 Å². The van der Waals surface area contributed by atoms with E-state index in [0.717, 1.165) is 9.21 Å². The van der Waals surface area contributed by atoms with E-state index in [-0.39, 0.29) is 0 Å². The lowest BCUT2D eigenvalue weighted by Gasteiger charge is -1.94. The van der Waals surface area contributed by atoms with Crippen LogP contribution in [0.5, 0.6) is 0 Å². The van der Waals surface area contributed by atoms with Crippen molar-refractivity contribution in [2.45, 2.75) is 6.54 Å². The van der Waals surface area contributed by atoms with Gasteiger partial charge in [-0.15, -0.1) is 16.4 Å². The molecule has 0 fully saturated rings. The van der Waals surface area contributed by atoms with Crippen molar-refractivity contribution >= 4 is 28.8 Å². The largest absolute Gasteiger partial charge is 0.381 e. The lowest BCUT2D eigenvalue weighted by Crippen LogP contribution is -2.02. The fraction of sp³-hybridized carbons (Fsp3) is 0.143. The summed E-state index contributed by atoms with van der Waals surface area (Å²) >= 11 is 7.29. The van der Waals surface area contributed by atoms with Gasteiger partial charge >= 0.3 is 0 Å². The maximum absolute atomic E-state index is 5.78. The van der Waals surface area contributed by atoms with Gasteiger partial charge in [-0.05, 0) is 12.1 Å². The predicted molar refractivity (Wildman–Crippen MR) is 52.9 cm³/mol. The number of nitrogens with zero attached hydrogens (tertiary/aromatic N) is 3. The lowest BCUT2D eigenvalue weighted by molar-refractivity contribution is 0.598. The highest BCUT2D eigenvalue weighted by Crippen LogP contribution is 2.21. The highest BCUT2D eigenvalue weighted by atomic mass is 35.5. The van der Waals surface area contributed by atoms with E-state index in [1.54, 1.807) is 0 Å². The summed E-state index contributed by atoms with van der Waals surface area (Å²) in [5.74, 6) is 0.433. The summed E-state index contributed by atoms with van der Waals surface area (Å²) in [6.45, 7) is 0.620. The standard InChI is InChI=1S/C7H7ClN4S/c8-6-2-1-5(13-6)4-12-10-3-7(9)11-12/h1-3H,4H2,(H2,9,11). The lowest BCUT2D eigenvalue weighted by atomic mass is 10.5. The van der Waals surface area contributed by atoms with E-state index in [0.29, 0.717) is 12.4 Å². The minimum atomic E-state index is 0.433. The van der Waals surface area contributed by atoms with Gasteiger partial charge in [-0.2, -0.15) is 9.90 Å². The first-order chi connectivity index (χ1) is 6.24. The fourth-order valence-electron chi connectivity index (χ4n) is 0.963. The maximum Gasteiger partial charge on any atom is 0.165 e. The van der Waals surface area contributed by atoms with Crippen LogP contribution in [0.2, 0.25) is 4.34 Å². The highest BCUT2D eigenvalue weighted by molar-refractivity contribution is 7.16.